The van der Waals surface area contributed by atoms with Crippen LogP contribution in [0.5, 0.6) is 0 Å². The second-order valence-corrected chi connectivity index (χ2v) is 4.98. The van der Waals surface area contributed by atoms with Gasteiger partial charge in [0.05, 0.1) is 11.8 Å². The maximum Gasteiger partial charge on any atom is 0.0575 e. The molecule has 0 aliphatic carbocycles. The first-order chi connectivity index (χ1) is 8.85. The van der Waals surface area contributed by atoms with Gasteiger partial charge >= 0.3 is 0 Å². The molecule has 102 valence electrons. The van der Waals surface area contributed by atoms with Crippen LogP contribution in [0.2, 0.25) is 0 Å². The van der Waals surface area contributed by atoms with Crippen molar-refractivity contribution in [3.63, 3.8) is 0 Å². The average molecular weight is 251 g/mol. The van der Waals surface area contributed by atoms with Crippen LogP contribution >= 0.6 is 0 Å². The molecule has 2 atom stereocenters. The van der Waals surface area contributed by atoms with Crippen molar-refractivity contribution >= 4 is 0 Å². The lowest BCUT2D eigenvalue weighted by Gasteiger charge is -2.25. The van der Waals surface area contributed by atoms with E-state index in [1.807, 2.05) is 13.2 Å². The van der Waals surface area contributed by atoms with E-state index in [1.165, 1.54) is 25.0 Å². The summed E-state index contributed by atoms with van der Waals surface area (Å²) in [5.74, 6) is 0. The van der Waals surface area contributed by atoms with E-state index in [9.17, 15) is 0 Å². The highest BCUT2D eigenvalue weighted by molar-refractivity contribution is 5.06. The summed E-state index contributed by atoms with van der Waals surface area (Å²) >= 11 is 0. The van der Waals surface area contributed by atoms with E-state index < -0.39 is 0 Å². The summed E-state index contributed by atoms with van der Waals surface area (Å²) in [4.78, 5) is 0. The molecule has 4 nitrogen and oxygen atoms in total. The Morgan fingerprint density at radius 2 is 2.44 bits per heavy atom. The van der Waals surface area contributed by atoms with Crippen molar-refractivity contribution in [2.45, 2.75) is 57.7 Å². The zero-order chi connectivity index (χ0) is 12.8. The predicted molar refractivity (Wildman–Crippen MR) is 72.5 cm³/mol. The number of nitrogens with one attached hydrogen (secondary N) is 1. The molecule has 0 saturated carbocycles. The van der Waals surface area contributed by atoms with Crippen molar-refractivity contribution in [2.24, 2.45) is 0 Å². The van der Waals surface area contributed by atoms with Gasteiger partial charge in [0.15, 0.2) is 0 Å². The van der Waals surface area contributed by atoms with Crippen LogP contribution in [0.25, 0.3) is 0 Å². The minimum atomic E-state index is 0.387. The lowest BCUT2D eigenvalue weighted by atomic mass is 10.00. The molecule has 2 unspecified atom stereocenters. The molecule has 1 aliphatic rings. The fourth-order valence-corrected chi connectivity index (χ4v) is 2.73. The molecule has 1 saturated heterocycles. The largest absolute Gasteiger partial charge is 0.378 e. The van der Waals surface area contributed by atoms with Crippen LogP contribution in [0.3, 0.4) is 0 Å². The molecule has 1 N–H and O–H groups in total. The summed E-state index contributed by atoms with van der Waals surface area (Å²) in [6.07, 6.45) is 8.39. The fourth-order valence-electron chi connectivity index (χ4n) is 2.73. The van der Waals surface area contributed by atoms with Crippen LogP contribution in [0, 0.1) is 0 Å². The Morgan fingerprint density at radius 3 is 3.11 bits per heavy atom. The Hall–Kier alpha value is -0.870. The van der Waals surface area contributed by atoms with Gasteiger partial charge in [0, 0.05) is 25.4 Å². The summed E-state index contributed by atoms with van der Waals surface area (Å²) in [6.45, 7) is 4.01. The van der Waals surface area contributed by atoms with Crippen LogP contribution in [0.15, 0.2) is 12.3 Å². The van der Waals surface area contributed by atoms with Gasteiger partial charge in [-0.05, 0) is 52.1 Å². The maximum absolute atomic E-state index is 5.80. The highest BCUT2D eigenvalue weighted by Gasteiger charge is 2.18. The highest BCUT2D eigenvalue weighted by Crippen LogP contribution is 2.23. The number of rotatable bonds is 6. The third-order valence-corrected chi connectivity index (χ3v) is 3.81. The highest BCUT2D eigenvalue weighted by atomic mass is 16.5. The zero-order valence-electron chi connectivity index (χ0n) is 11.6. The van der Waals surface area contributed by atoms with Gasteiger partial charge in [-0.2, -0.15) is 5.10 Å². The molecule has 4 heteroatoms. The van der Waals surface area contributed by atoms with E-state index in [2.05, 4.69) is 28.1 Å². The Morgan fingerprint density at radius 1 is 1.56 bits per heavy atom. The van der Waals surface area contributed by atoms with Crippen molar-refractivity contribution in [2.75, 3.05) is 13.7 Å². The minimum Gasteiger partial charge on any atom is -0.378 e. The first kappa shape index (κ1) is 13.6. The third-order valence-electron chi connectivity index (χ3n) is 3.81. The van der Waals surface area contributed by atoms with Crippen LogP contribution in [0.4, 0.5) is 0 Å². The predicted octanol–water partition coefficient (Wildman–Crippen LogP) is 2.51. The molecule has 0 aromatic carbocycles. The van der Waals surface area contributed by atoms with Crippen molar-refractivity contribution in [3.8, 4) is 0 Å². The quantitative estimate of drug-likeness (QED) is 0.844. The molecular weight excluding hydrogens is 226 g/mol. The van der Waals surface area contributed by atoms with Gasteiger partial charge in [0.25, 0.3) is 0 Å². The van der Waals surface area contributed by atoms with Crippen LogP contribution in [0.1, 0.15) is 50.8 Å². The Bertz CT molecular complexity index is 345. The first-order valence-corrected chi connectivity index (χ1v) is 7.15. The van der Waals surface area contributed by atoms with Crippen molar-refractivity contribution in [1.82, 2.24) is 15.1 Å². The van der Waals surface area contributed by atoms with E-state index in [4.69, 9.17) is 4.74 Å². The SMILES string of the molecule is CCn1nccc1C(CCC1CCCCO1)NC. The number of hydrogen-bond donors (Lipinski definition) is 1. The lowest BCUT2D eigenvalue weighted by Crippen LogP contribution is -2.24. The number of aryl methyl sites for hydroxylation is 1. The molecule has 18 heavy (non-hydrogen) atoms. The van der Waals surface area contributed by atoms with E-state index >= 15 is 0 Å². The molecule has 0 bridgehead atoms. The van der Waals surface area contributed by atoms with Gasteiger partial charge in [-0.1, -0.05) is 0 Å². The number of hydrogen-bond acceptors (Lipinski definition) is 3. The number of aromatic nitrogens is 2. The first-order valence-electron chi connectivity index (χ1n) is 7.15. The molecule has 2 heterocycles. The van der Waals surface area contributed by atoms with Gasteiger partial charge in [-0.3, -0.25) is 4.68 Å². The molecule has 0 amide bonds. The summed E-state index contributed by atoms with van der Waals surface area (Å²) in [7, 11) is 2.03. The number of nitrogens with zero attached hydrogens (tertiary/aromatic N) is 2. The van der Waals surface area contributed by atoms with E-state index in [0.717, 1.165) is 26.0 Å². The summed E-state index contributed by atoms with van der Waals surface area (Å²) in [5.41, 5.74) is 1.29. The standard InChI is InChI=1S/C14H25N3O/c1-3-17-14(9-10-16-17)13(15-2)8-7-12-6-4-5-11-18-12/h9-10,12-13,15H,3-8,11H2,1-2H3. The van der Waals surface area contributed by atoms with Gasteiger partial charge in [-0.15, -0.1) is 0 Å². The van der Waals surface area contributed by atoms with Crippen molar-refractivity contribution in [1.29, 1.82) is 0 Å². The van der Waals surface area contributed by atoms with Gasteiger partial charge < -0.3 is 10.1 Å². The summed E-state index contributed by atoms with van der Waals surface area (Å²) in [6, 6.07) is 2.50. The van der Waals surface area contributed by atoms with Gasteiger partial charge in [-0.25, -0.2) is 0 Å². The molecule has 1 fully saturated rings. The topological polar surface area (TPSA) is 39.1 Å². The maximum atomic E-state index is 5.80. The van der Waals surface area contributed by atoms with Gasteiger partial charge in [0.1, 0.15) is 0 Å². The van der Waals surface area contributed by atoms with E-state index in [0.29, 0.717) is 12.1 Å². The monoisotopic (exact) mass is 251 g/mol. The van der Waals surface area contributed by atoms with E-state index in [-0.39, 0.29) is 0 Å². The van der Waals surface area contributed by atoms with Crippen LogP contribution < -0.4 is 5.32 Å². The average Bonchev–Trinajstić information content (AvgIpc) is 2.89. The van der Waals surface area contributed by atoms with Crippen molar-refractivity contribution < 1.29 is 4.74 Å². The smallest absolute Gasteiger partial charge is 0.0575 e. The third kappa shape index (κ3) is 3.33. The fraction of sp³-hybridized carbons (Fsp3) is 0.786. The lowest BCUT2D eigenvalue weighted by molar-refractivity contribution is 0.00853. The molecule has 0 spiro atoms. The molecule has 2 rings (SSSR count). The van der Waals surface area contributed by atoms with Crippen LogP contribution in [-0.2, 0) is 11.3 Å². The van der Waals surface area contributed by atoms with Crippen LogP contribution in [-0.4, -0.2) is 29.5 Å². The molecule has 0 radical (unpaired) electrons. The molecule has 1 aromatic heterocycles. The second-order valence-electron chi connectivity index (χ2n) is 4.98. The second kappa shape index (κ2) is 6.90. The summed E-state index contributed by atoms with van der Waals surface area (Å²) in [5, 5.41) is 7.75. The Balaban J connectivity index is 1.88. The number of ether oxygens (including phenoxy) is 1. The Labute approximate surface area is 110 Å². The molecule has 1 aromatic rings. The van der Waals surface area contributed by atoms with Crippen molar-refractivity contribution in [3.05, 3.63) is 18.0 Å². The van der Waals surface area contributed by atoms with E-state index in [1.54, 1.807) is 0 Å². The zero-order valence-corrected chi connectivity index (χ0v) is 11.6. The molecule has 1 aliphatic heterocycles. The Kier molecular flexibility index (Phi) is 5.20. The summed E-state index contributed by atoms with van der Waals surface area (Å²) < 4.78 is 7.87. The molecular formula is C14H25N3O. The normalized spacial score (nSPS) is 22.0. The minimum absolute atomic E-state index is 0.387. The van der Waals surface area contributed by atoms with Gasteiger partial charge in [0.2, 0.25) is 0 Å².